The predicted octanol–water partition coefficient (Wildman–Crippen LogP) is 2.30. The predicted molar refractivity (Wildman–Crippen MR) is 62.7 cm³/mol. The molecule has 0 aromatic carbocycles. The maximum absolute atomic E-state index is 5.47. The zero-order valence-corrected chi connectivity index (χ0v) is 9.17. The zero-order chi connectivity index (χ0) is 10.7. The van der Waals surface area contributed by atoms with Crippen LogP contribution < -0.4 is 10.1 Å². The van der Waals surface area contributed by atoms with E-state index < -0.39 is 0 Å². The van der Waals surface area contributed by atoms with Crippen LogP contribution in [0.4, 0.5) is 5.95 Å². The topological polar surface area (TPSA) is 47.0 Å². The molecule has 2 heterocycles. The van der Waals surface area contributed by atoms with Crippen molar-refractivity contribution >= 4 is 27.5 Å². The molecule has 2 aromatic heterocycles. The lowest BCUT2D eigenvalue weighted by Gasteiger charge is -2.05. The van der Waals surface area contributed by atoms with Crippen LogP contribution in [0.2, 0.25) is 0 Å². The summed E-state index contributed by atoms with van der Waals surface area (Å²) in [7, 11) is 1.78. The summed E-state index contributed by atoms with van der Waals surface area (Å²) in [5, 5.41) is 5.82. The van der Waals surface area contributed by atoms with E-state index in [4.69, 9.17) is 4.74 Å². The second kappa shape index (κ2) is 4.27. The smallest absolute Gasteiger partial charge is 0.227 e. The Morgan fingerprint density at radius 1 is 1.60 bits per heavy atom. The Morgan fingerprint density at radius 2 is 2.47 bits per heavy atom. The number of aromatic nitrogens is 2. The van der Waals surface area contributed by atoms with E-state index in [2.05, 4.69) is 21.9 Å². The minimum atomic E-state index is 0.450. The van der Waals surface area contributed by atoms with Crippen molar-refractivity contribution in [3.63, 3.8) is 0 Å². The molecule has 0 saturated carbocycles. The van der Waals surface area contributed by atoms with Crippen LogP contribution >= 0.6 is 11.3 Å². The highest BCUT2D eigenvalue weighted by molar-refractivity contribution is 7.16. The number of nitrogens with one attached hydrogen (secondary N) is 1. The van der Waals surface area contributed by atoms with Crippen LogP contribution in [0.25, 0.3) is 10.2 Å². The molecule has 0 radical (unpaired) electrons. The van der Waals surface area contributed by atoms with Crippen molar-refractivity contribution in [2.45, 2.75) is 0 Å². The number of anilines is 1. The van der Waals surface area contributed by atoms with Gasteiger partial charge in [-0.05, 0) is 11.4 Å². The lowest BCUT2D eigenvalue weighted by molar-refractivity contribution is 0.353. The van der Waals surface area contributed by atoms with Crippen molar-refractivity contribution in [1.82, 2.24) is 9.97 Å². The van der Waals surface area contributed by atoms with Crippen LogP contribution in [0.3, 0.4) is 0 Å². The summed E-state index contributed by atoms with van der Waals surface area (Å²) in [4.78, 5) is 9.48. The average Bonchev–Trinajstić information content (AvgIpc) is 2.73. The molecule has 0 amide bonds. The van der Waals surface area contributed by atoms with Crippen LogP contribution in [-0.4, -0.2) is 23.6 Å². The highest BCUT2D eigenvalue weighted by atomic mass is 32.1. The molecule has 15 heavy (non-hydrogen) atoms. The quantitative estimate of drug-likeness (QED) is 0.805. The third-order valence-electron chi connectivity index (χ3n) is 1.85. The van der Waals surface area contributed by atoms with Crippen molar-refractivity contribution in [2.75, 3.05) is 19.0 Å². The molecule has 0 fully saturated rings. The molecule has 0 spiro atoms. The minimum Gasteiger partial charge on any atom is -0.473 e. The summed E-state index contributed by atoms with van der Waals surface area (Å²) in [5.41, 5.74) is 0. The molecule has 78 valence electrons. The number of rotatable bonds is 4. The molecule has 0 unspecified atom stereocenters. The number of hydrogen-bond acceptors (Lipinski definition) is 5. The van der Waals surface area contributed by atoms with Crippen LogP contribution in [0.5, 0.6) is 5.88 Å². The third-order valence-corrected chi connectivity index (χ3v) is 2.66. The molecule has 0 saturated heterocycles. The molecule has 0 aliphatic heterocycles. The number of thiophene rings is 1. The molecule has 0 bridgehead atoms. The Balaban J connectivity index is 2.48. The third kappa shape index (κ3) is 1.92. The van der Waals surface area contributed by atoms with Gasteiger partial charge in [0, 0.05) is 7.05 Å². The Kier molecular flexibility index (Phi) is 2.82. The van der Waals surface area contributed by atoms with Gasteiger partial charge in [0.25, 0.3) is 0 Å². The second-order valence-electron chi connectivity index (χ2n) is 2.84. The Morgan fingerprint density at radius 3 is 3.20 bits per heavy atom. The summed E-state index contributed by atoms with van der Waals surface area (Å²) in [6, 6.07) is 1.96. The maximum Gasteiger partial charge on any atom is 0.227 e. The number of hydrogen-bond donors (Lipinski definition) is 1. The highest BCUT2D eigenvalue weighted by Crippen LogP contribution is 2.27. The maximum atomic E-state index is 5.47. The number of ether oxygens (including phenoxy) is 1. The standard InChI is InChI=1S/C10H11N3OS/c1-3-5-14-8-7-4-6-15-9(7)13-10(11-2)12-8/h3-4,6H,1,5H2,2H3,(H,11,12,13). The van der Waals surface area contributed by atoms with Gasteiger partial charge in [0.15, 0.2) is 0 Å². The zero-order valence-electron chi connectivity index (χ0n) is 8.36. The minimum absolute atomic E-state index is 0.450. The summed E-state index contributed by atoms with van der Waals surface area (Å²) in [6.07, 6.45) is 1.69. The molecule has 0 atom stereocenters. The van der Waals surface area contributed by atoms with Gasteiger partial charge in [0.05, 0.1) is 5.39 Å². The van der Waals surface area contributed by atoms with E-state index in [1.807, 2.05) is 11.4 Å². The van der Waals surface area contributed by atoms with Gasteiger partial charge in [-0.25, -0.2) is 4.98 Å². The first kappa shape index (κ1) is 9.92. The van der Waals surface area contributed by atoms with Gasteiger partial charge in [-0.2, -0.15) is 4.98 Å². The van der Waals surface area contributed by atoms with E-state index in [1.165, 1.54) is 0 Å². The van der Waals surface area contributed by atoms with Gasteiger partial charge in [-0.15, -0.1) is 11.3 Å². The molecule has 2 aromatic rings. The SMILES string of the molecule is C=CCOc1nc(NC)nc2sccc12. The summed E-state index contributed by atoms with van der Waals surface area (Å²) < 4.78 is 5.47. The molecule has 0 aliphatic rings. The van der Waals surface area contributed by atoms with Crippen LogP contribution in [-0.2, 0) is 0 Å². The van der Waals surface area contributed by atoms with Gasteiger partial charge in [0.1, 0.15) is 11.4 Å². The van der Waals surface area contributed by atoms with Crippen molar-refractivity contribution in [1.29, 1.82) is 0 Å². The van der Waals surface area contributed by atoms with Crippen molar-refractivity contribution in [3.05, 3.63) is 24.1 Å². The van der Waals surface area contributed by atoms with E-state index in [1.54, 1.807) is 24.5 Å². The van der Waals surface area contributed by atoms with Gasteiger partial charge in [-0.1, -0.05) is 12.7 Å². The number of nitrogens with zero attached hydrogens (tertiary/aromatic N) is 2. The first-order valence-electron chi connectivity index (χ1n) is 4.52. The van der Waals surface area contributed by atoms with Crippen LogP contribution in [0.15, 0.2) is 24.1 Å². The summed E-state index contributed by atoms with van der Waals surface area (Å²) in [6.45, 7) is 4.05. The molecular formula is C10H11N3OS. The van der Waals surface area contributed by atoms with Crippen molar-refractivity contribution in [2.24, 2.45) is 0 Å². The molecule has 4 nitrogen and oxygen atoms in total. The van der Waals surface area contributed by atoms with E-state index in [-0.39, 0.29) is 0 Å². The Hall–Kier alpha value is -1.62. The second-order valence-corrected chi connectivity index (χ2v) is 3.74. The summed E-state index contributed by atoms with van der Waals surface area (Å²) >= 11 is 1.57. The highest BCUT2D eigenvalue weighted by Gasteiger charge is 2.08. The van der Waals surface area contributed by atoms with Crippen LogP contribution in [0.1, 0.15) is 0 Å². The normalized spacial score (nSPS) is 10.2. The van der Waals surface area contributed by atoms with Gasteiger partial charge in [-0.3, -0.25) is 0 Å². The van der Waals surface area contributed by atoms with E-state index >= 15 is 0 Å². The first-order valence-corrected chi connectivity index (χ1v) is 5.40. The largest absolute Gasteiger partial charge is 0.473 e. The Labute approximate surface area is 91.6 Å². The molecule has 0 aliphatic carbocycles. The lowest BCUT2D eigenvalue weighted by Crippen LogP contribution is -2.01. The molecular weight excluding hydrogens is 210 g/mol. The number of fused-ring (bicyclic) bond motifs is 1. The fourth-order valence-corrected chi connectivity index (χ4v) is 1.94. The monoisotopic (exact) mass is 221 g/mol. The average molecular weight is 221 g/mol. The van der Waals surface area contributed by atoms with E-state index in [9.17, 15) is 0 Å². The summed E-state index contributed by atoms with van der Waals surface area (Å²) in [5.74, 6) is 1.18. The first-order chi connectivity index (χ1) is 7.35. The van der Waals surface area contributed by atoms with Crippen LogP contribution in [0, 0.1) is 0 Å². The van der Waals surface area contributed by atoms with Gasteiger partial charge >= 0.3 is 0 Å². The van der Waals surface area contributed by atoms with Crippen molar-refractivity contribution in [3.8, 4) is 5.88 Å². The van der Waals surface area contributed by atoms with Gasteiger partial charge < -0.3 is 10.1 Å². The molecule has 1 N–H and O–H groups in total. The fraction of sp³-hybridized carbons (Fsp3) is 0.200. The molecule has 2 rings (SSSR count). The Bertz CT molecular complexity index is 480. The van der Waals surface area contributed by atoms with Crippen molar-refractivity contribution < 1.29 is 4.74 Å². The van der Waals surface area contributed by atoms with Gasteiger partial charge in [0.2, 0.25) is 11.8 Å². The van der Waals surface area contributed by atoms with E-state index in [0.717, 1.165) is 10.2 Å². The molecule has 5 heteroatoms. The lowest BCUT2D eigenvalue weighted by atomic mass is 10.4. The fourth-order valence-electron chi connectivity index (χ4n) is 1.19. The van der Waals surface area contributed by atoms with E-state index in [0.29, 0.717) is 18.4 Å².